The first-order valence-electron chi connectivity index (χ1n) is 9.86. The van der Waals surface area contributed by atoms with Crippen LogP contribution in [0.4, 0.5) is 0 Å². The highest BCUT2D eigenvalue weighted by atomic mass is 16.5. The summed E-state index contributed by atoms with van der Waals surface area (Å²) < 4.78 is 16.3. The molecule has 1 N–H and O–H groups in total. The van der Waals surface area contributed by atoms with E-state index in [1.165, 1.54) is 0 Å². The minimum atomic E-state index is 0.220. The number of likely N-dealkylation sites (tertiary alicyclic amines) is 1. The Morgan fingerprint density at radius 2 is 1.56 bits per heavy atom. The summed E-state index contributed by atoms with van der Waals surface area (Å²) >= 11 is 0. The number of carbonyl (C=O) groups excluding carboxylic acids is 1. The van der Waals surface area contributed by atoms with Crippen LogP contribution in [0.5, 0.6) is 0 Å². The Balaban J connectivity index is 1.87. The van der Waals surface area contributed by atoms with Crippen molar-refractivity contribution in [3.8, 4) is 0 Å². The Kier molecular flexibility index (Phi) is 12.9. The third-order valence-corrected chi connectivity index (χ3v) is 4.71. The van der Waals surface area contributed by atoms with E-state index in [2.05, 4.69) is 26.1 Å². The van der Waals surface area contributed by atoms with Crippen molar-refractivity contribution in [3.63, 3.8) is 0 Å². The van der Waals surface area contributed by atoms with E-state index in [-0.39, 0.29) is 5.91 Å². The first-order valence-corrected chi connectivity index (χ1v) is 9.86. The van der Waals surface area contributed by atoms with Crippen LogP contribution in [0.3, 0.4) is 0 Å². The van der Waals surface area contributed by atoms with Crippen LogP contribution >= 0.6 is 0 Å². The Morgan fingerprint density at radius 1 is 1.00 bits per heavy atom. The maximum Gasteiger partial charge on any atom is 0.224 e. The molecule has 0 bridgehead atoms. The van der Waals surface area contributed by atoms with Gasteiger partial charge in [0.1, 0.15) is 0 Å². The quantitative estimate of drug-likeness (QED) is 0.481. The summed E-state index contributed by atoms with van der Waals surface area (Å²) in [4.78, 5) is 14.1. The van der Waals surface area contributed by atoms with Gasteiger partial charge in [-0.05, 0) is 31.2 Å². The van der Waals surface area contributed by atoms with Crippen LogP contribution in [0.2, 0.25) is 0 Å². The Morgan fingerprint density at radius 3 is 2.12 bits per heavy atom. The molecular formula is C19H38N2O4. The molecule has 6 heteroatoms. The number of carbonyl (C=O) groups is 1. The third kappa shape index (κ3) is 10.8. The van der Waals surface area contributed by atoms with E-state index in [4.69, 9.17) is 14.2 Å². The molecule has 148 valence electrons. The number of rotatable bonds is 14. The van der Waals surface area contributed by atoms with Crippen LogP contribution in [0.15, 0.2) is 0 Å². The first kappa shape index (κ1) is 22.4. The van der Waals surface area contributed by atoms with Gasteiger partial charge in [-0.2, -0.15) is 0 Å². The van der Waals surface area contributed by atoms with E-state index in [1.54, 1.807) is 0 Å². The molecule has 1 amide bonds. The maximum atomic E-state index is 12.1. The molecule has 6 nitrogen and oxygen atoms in total. The maximum absolute atomic E-state index is 12.1. The predicted octanol–water partition coefficient (Wildman–Crippen LogP) is 1.93. The molecule has 0 saturated carbocycles. The van der Waals surface area contributed by atoms with Crippen LogP contribution in [-0.4, -0.2) is 76.6 Å². The molecular weight excluding hydrogens is 320 g/mol. The smallest absolute Gasteiger partial charge is 0.224 e. The van der Waals surface area contributed by atoms with Gasteiger partial charge in [0, 0.05) is 19.6 Å². The second kappa shape index (κ2) is 14.5. The van der Waals surface area contributed by atoms with Crippen LogP contribution in [0, 0.1) is 11.8 Å². The average molecular weight is 359 g/mol. The van der Waals surface area contributed by atoms with Crippen LogP contribution < -0.4 is 5.32 Å². The molecule has 0 spiro atoms. The molecule has 0 aromatic rings. The molecule has 25 heavy (non-hydrogen) atoms. The van der Waals surface area contributed by atoms with E-state index in [9.17, 15) is 4.79 Å². The molecule has 0 aromatic carbocycles. The van der Waals surface area contributed by atoms with Crippen molar-refractivity contribution in [1.82, 2.24) is 10.2 Å². The summed E-state index contributed by atoms with van der Waals surface area (Å²) in [7, 11) is 0. The number of piperidine rings is 1. The van der Waals surface area contributed by atoms with Crippen molar-refractivity contribution >= 4 is 5.91 Å². The number of nitrogens with zero attached hydrogens (tertiary/aromatic N) is 1. The Labute approximate surface area is 153 Å². The van der Waals surface area contributed by atoms with Crippen molar-refractivity contribution < 1.29 is 19.0 Å². The fraction of sp³-hybridized carbons (Fsp3) is 0.947. The molecule has 1 saturated heterocycles. The van der Waals surface area contributed by atoms with Gasteiger partial charge in [0.15, 0.2) is 0 Å². The molecule has 1 aliphatic rings. The third-order valence-electron chi connectivity index (χ3n) is 4.71. The van der Waals surface area contributed by atoms with E-state index < -0.39 is 0 Å². The highest BCUT2D eigenvalue weighted by Gasteiger charge is 2.24. The lowest BCUT2D eigenvalue weighted by Crippen LogP contribution is -2.39. The molecule has 1 aliphatic heterocycles. The first-order chi connectivity index (χ1) is 12.1. The lowest BCUT2D eigenvalue weighted by Gasteiger charge is -2.34. The van der Waals surface area contributed by atoms with E-state index >= 15 is 0 Å². The van der Waals surface area contributed by atoms with Gasteiger partial charge in [-0.3, -0.25) is 4.79 Å². The molecule has 0 radical (unpaired) electrons. The van der Waals surface area contributed by atoms with Crippen LogP contribution in [0.25, 0.3) is 0 Å². The summed E-state index contributed by atoms with van der Waals surface area (Å²) in [5.41, 5.74) is 0. The molecule has 0 unspecified atom stereocenters. The van der Waals surface area contributed by atoms with E-state index in [1.807, 2.05) is 4.90 Å². The van der Waals surface area contributed by atoms with Crippen molar-refractivity contribution in [3.05, 3.63) is 0 Å². The van der Waals surface area contributed by atoms with Gasteiger partial charge in [-0.25, -0.2) is 0 Å². The SMILES string of the molecule is CCNCCOCCOCCOCCC(=O)N1CCC(C(C)C)CC1. The number of ether oxygens (including phenoxy) is 3. The minimum absolute atomic E-state index is 0.220. The lowest BCUT2D eigenvalue weighted by atomic mass is 9.86. The van der Waals surface area contributed by atoms with Gasteiger partial charge >= 0.3 is 0 Å². The van der Waals surface area contributed by atoms with Crippen molar-refractivity contribution in [2.24, 2.45) is 11.8 Å². The van der Waals surface area contributed by atoms with Gasteiger partial charge < -0.3 is 24.4 Å². The second-order valence-corrected chi connectivity index (χ2v) is 6.90. The summed E-state index contributed by atoms with van der Waals surface area (Å²) in [6, 6.07) is 0. The van der Waals surface area contributed by atoms with Gasteiger partial charge in [0.2, 0.25) is 5.91 Å². The van der Waals surface area contributed by atoms with E-state index in [0.717, 1.165) is 50.9 Å². The fourth-order valence-corrected chi connectivity index (χ4v) is 3.00. The predicted molar refractivity (Wildman–Crippen MR) is 99.8 cm³/mol. The highest BCUT2D eigenvalue weighted by molar-refractivity contribution is 5.76. The molecule has 0 atom stereocenters. The van der Waals surface area contributed by atoms with Gasteiger partial charge in [0.05, 0.1) is 46.1 Å². The zero-order valence-corrected chi connectivity index (χ0v) is 16.4. The summed E-state index contributed by atoms with van der Waals surface area (Å²) in [5, 5.41) is 3.20. The van der Waals surface area contributed by atoms with Gasteiger partial charge in [-0.1, -0.05) is 20.8 Å². The fourth-order valence-electron chi connectivity index (χ4n) is 3.00. The zero-order chi connectivity index (χ0) is 18.3. The lowest BCUT2D eigenvalue weighted by molar-refractivity contribution is -0.134. The summed E-state index contributed by atoms with van der Waals surface area (Å²) in [6.07, 6.45) is 2.74. The van der Waals surface area contributed by atoms with Crippen molar-refractivity contribution in [1.29, 1.82) is 0 Å². The molecule has 1 rings (SSSR count). The number of hydrogen-bond donors (Lipinski definition) is 1. The van der Waals surface area contributed by atoms with Crippen molar-refractivity contribution in [2.45, 2.75) is 40.0 Å². The molecule has 1 fully saturated rings. The minimum Gasteiger partial charge on any atom is -0.379 e. The monoisotopic (exact) mass is 358 g/mol. The molecule has 0 aliphatic carbocycles. The topological polar surface area (TPSA) is 60.0 Å². The number of nitrogens with one attached hydrogen (secondary N) is 1. The van der Waals surface area contributed by atoms with Gasteiger partial charge in [0.25, 0.3) is 0 Å². The Hall–Kier alpha value is -0.690. The van der Waals surface area contributed by atoms with Crippen molar-refractivity contribution in [2.75, 3.05) is 65.8 Å². The highest BCUT2D eigenvalue weighted by Crippen LogP contribution is 2.24. The largest absolute Gasteiger partial charge is 0.379 e. The van der Waals surface area contributed by atoms with E-state index in [0.29, 0.717) is 46.1 Å². The zero-order valence-electron chi connectivity index (χ0n) is 16.4. The number of likely N-dealkylation sites (N-methyl/N-ethyl adjacent to an activating group) is 1. The molecule has 0 aromatic heterocycles. The normalized spacial score (nSPS) is 15.9. The number of hydrogen-bond acceptors (Lipinski definition) is 5. The number of amides is 1. The summed E-state index contributed by atoms with van der Waals surface area (Å²) in [5.74, 6) is 1.71. The second-order valence-electron chi connectivity index (χ2n) is 6.90. The summed E-state index contributed by atoms with van der Waals surface area (Å²) in [6.45, 7) is 13.7. The Bertz CT molecular complexity index is 331. The van der Waals surface area contributed by atoms with Crippen LogP contribution in [0.1, 0.15) is 40.0 Å². The van der Waals surface area contributed by atoms with Gasteiger partial charge in [-0.15, -0.1) is 0 Å². The average Bonchev–Trinajstić information content (AvgIpc) is 2.62. The molecule has 1 heterocycles. The standard InChI is InChI=1S/C19H38N2O4/c1-4-20-8-12-24-14-16-25-15-13-23-11-7-19(22)21-9-5-18(6-10-21)17(2)3/h17-18,20H,4-16H2,1-3H3. The van der Waals surface area contributed by atoms with Crippen LogP contribution in [-0.2, 0) is 19.0 Å².